The maximum atomic E-state index is 14.3. The van der Waals surface area contributed by atoms with E-state index in [1.54, 1.807) is 0 Å². The highest BCUT2D eigenvalue weighted by Crippen LogP contribution is 2.36. The Morgan fingerprint density at radius 1 is 0.725 bits per heavy atom. The summed E-state index contributed by atoms with van der Waals surface area (Å²) in [5, 5.41) is 18.2. The first-order valence-corrected chi connectivity index (χ1v) is 15.3. The topological polar surface area (TPSA) is 86.4 Å². The highest BCUT2D eigenvalue weighted by atomic mass is 19.1. The minimum Gasteiger partial charge on any atom is -0.465 e. The molecule has 1 saturated heterocycles. The number of unbranched alkanes of at least 4 members (excludes halogenated alkanes) is 3. The van der Waals surface area contributed by atoms with Crippen LogP contribution in [0.3, 0.4) is 0 Å². The summed E-state index contributed by atoms with van der Waals surface area (Å²) < 4.78 is 39.5. The SMILES string of the molecule is N#CC1CCC(C#CC2CCC(C#CC3CCC(C#N)C(F)C3)C(C(=O)OCCCCCCC3CO3)C2)CC1F. The maximum Gasteiger partial charge on any atom is 0.310 e. The van der Waals surface area contributed by atoms with E-state index in [2.05, 4.69) is 35.8 Å². The third-order valence-corrected chi connectivity index (χ3v) is 9.06. The number of halogens is 2. The molecule has 0 bridgehead atoms. The molecule has 4 fully saturated rings. The molecule has 40 heavy (non-hydrogen) atoms. The van der Waals surface area contributed by atoms with E-state index in [0.29, 0.717) is 44.8 Å². The zero-order valence-electron chi connectivity index (χ0n) is 23.5. The van der Waals surface area contributed by atoms with E-state index in [4.69, 9.17) is 20.0 Å². The van der Waals surface area contributed by atoms with Gasteiger partial charge in [0.1, 0.15) is 12.3 Å². The summed E-state index contributed by atoms with van der Waals surface area (Å²) in [6.07, 6.45) is 8.55. The largest absolute Gasteiger partial charge is 0.465 e. The standard InChI is InChI=1S/C33H42F2N2O3/c34-31-18-24(10-14-27(31)20-36)7-6-23-8-12-26(13-9-25-11-15-28(21-37)32(35)19-25)30(17-23)33(38)39-16-4-2-1-3-5-29-22-40-29/h23-32H,1-5,8,10-12,14-19,22H2. The van der Waals surface area contributed by atoms with Gasteiger partial charge in [-0.3, -0.25) is 4.79 Å². The normalized spacial score (nSPS) is 36.9. The van der Waals surface area contributed by atoms with Crippen molar-refractivity contribution in [2.24, 2.45) is 41.4 Å². The van der Waals surface area contributed by atoms with Crippen LogP contribution in [0.25, 0.3) is 0 Å². The summed E-state index contributed by atoms with van der Waals surface area (Å²) in [4.78, 5) is 13.2. The molecule has 0 radical (unpaired) electrons. The molecule has 216 valence electrons. The fourth-order valence-corrected chi connectivity index (χ4v) is 6.32. The number of carbonyl (C=O) groups is 1. The van der Waals surface area contributed by atoms with Crippen molar-refractivity contribution < 1.29 is 23.0 Å². The van der Waals surface area contributed by atoms with E-state index in [0.717, 1.165) is 58.0 Å². The van der Waals surface area contributed by atoms with Crippen molar-refractivity contribution in [1.82, 2.24) is 0 Å². The van der Waals surface area contributed by atoms with Crippen LogP contribution >= 0.6 is 0 Å². The van der Waals surface area contributed by atoms with E-state index >= 15 is 0 Å². The minimum atomic E-state index is -1.14. The van der Waals surface area contributed by atoms with Crippen molar-refractivity contribution in [3.63, 3.8) is 0 Å². The Kier molecular flexibility index (Phi) is 11.7. The Balaban J connectivity index is 1.32. The Hall–Kier alpha value is -2.61. The van der Waals surface area contributed by atoms with Crippen molar-refractivity contribution in [3.05, 3.63) is 0 Å². The van der Waals surface area contributed by atoms with Crippen LogP contribution in [-0.4, -0.2) is 37.6 Å². The minimum absolute atomic E-state index is 0.0216. The average molecular weight is 553 g/mol. The second-order valence-electron chi connectivity index (χ2n) is 12.1. The molecule has 0 spiro atoms. The first-order chi connectivity index (χ1) is 19.5. The van der Waals surface area contributed by atoms with Gasteiger partial charge < -0.3 is 9.47 Å². The first-order valence-electron chi connectivity index (χ1n) is 15.3. The highest BCUT2D eigenvalue weighted by molar-refractivity contribution is 5.73. The van der Waals surface area contributed by atoms with Crippen molar-refractivity contribution >= 4 is 5.97 Å². The molecule has 7 heteroatoms. The predicted octanol–water partition coefficient (Wildman–Crippen LogP) is 6.47. The number of hydrogen-bond donors (Lipinski definition) is 0. The highest BCUT2D eigenvalue weighted by Gasteiger charge is 2.36. The third-order valence-electron chi connectivity index (χ3n) is 9.06. The van der Waals surface area contributed by atoms with Crippen LogP contribution in [0.2, 0.25) is 0 Å². The fraction of sp³-hybridized carbons (Fsp3) is 0.788. The van der Waals surface area contributed by atoms with E-state index in [1.807, 2.05) is 0 Å². The molecule has 0 aromatic carbocycles. The summed E-state index contributed by atoms with van der Waals surface area (Å²) in [5.41, 5.74) is 0. The molecule has 5 nitrogen and oxygen atoms in total. The van der Waals surface area contributed by atoms with E-state index in [1.165, 1.54) is 0 Å². The van der Waals surface area contributed by atoms with Crippen molar-refractivity contribution in [3.8, 4) is 35.8 Å². The lowest BCUT2D eigenvalue weighted by molar-refractivity contribution is -0.151. The van der Waals surface area contributed by atoms with Gasteiger partial charge in [0.25, 0.3) is 0 Å². The van der Waals surface area contributed by atoms with Gasteiger partial charge in [-0.1, -0.05) is 42.9 Å². The lowest BCUT2D eigenvalue weighted by Crippen LogP contribution is -2.32. The van der Waals surface area contributed by atoms with Gasteiger partial charge in [-0.05, 0) is 70.6 Å². The van der Waals surface area contributed by atoms with Gasteiger partial charge in [-0.25, -0.2) is 8.78 Å². The molecule has 1 heterocycles. The Morgan fingerprint density at radius 2 is 1.25 bits per heavy atom. The number of hydrogen-bond acceptors (Lipinski definition) is 5. The van der Waals surface area contributed by atoms with Gasteiger partial charge in [0.2, 0.25) is 0 Å². The average Bonchev–Trinajstić information content (AvgIpc) is 3.79. The molecule has 3 aliphatic carbocycles. The number of carbonyl (C=O) groups excluding carboxylic acids is 1. The summed E-state index contributed by atoms with van der Waals surface area (Å²) in [7, 11) is 0. The van der Waals surface area contributed by atoms with Crippen molar-refractivity contribution in [2.45, 2.75) is 108 Å². The molecule has 4 aliphatic rings. The molecule has 0 N–H and O–H groups in total. The second kappa shape index (κ2) is 15.4. The Labute approximate surface area is 238 Å². The van der Waals surface area contributed by atoms with Gasteiger partial charge in [0, 0.05) is 23.7 Å². The number of nitrogens with zero attached hydrogens (tertiary/aromatic N) is 2. The van der Waals surface area contributed by atoms with E-state index in [9.17, 15) is 13.6 Å². The van der Waals surface area contributed by atoms with Gasteiger partial charge in [-0.2, -0.15) is 10.5 Å². The van der Waals surface area contributed by atoms with E-state index in [-0.39, 0.29) is 42.0 Å². The lowest BCUT2D eigenvalue weighted by atomic mass is 9.73. The molecular weight excluding hydrogens is 510 g/mol. The van der Waals surface area contributed by atoms with Gasteiger partial charge in [0.15, 0.2) is 0 Å². The van der Waals surface area contributed by atoms with Crippen LogP contribution in [0.15, 0.2) is 0 Å². The van der Waals surface area contributed by atoms with Crippen LogP contribution in [-0.2, 0) is 14.3 Å². The monoisotopic (exact) mass is 552 g/mol. The second-order valence-corrected chi connectivity index (χ2v) is 12.1. The van der Waals surface area contributed by atoms with Crippen LogP contribution in [0.4, 0.5) is 8.78 Å². The van der Waals surface area contributed by atoms with Crippen molar-refractivity contribution in [2.75, 3.05) is 13.2 Å². The summed E-state index contributed by atoms with van der Waals surface area (Å²) in [6.45, 7) is 1.29. The van der Waals surface area contributed by atoms with Crippen molar-refractivity contribution in [1.29, 1.82) is 10.5 Å². The number of rotatable bonds is 8. The number of alkyl halides is 2. The van der Waals surface area contributed by atoms with Crippen LogP contribution in [0.1, 0.15) is 89.9 Å². The summed E-state index contributed by atoms with van der Waals surface area (Å²) >= 11 is 0. The molecule has 4 rings (SSSR count). The van der Waals surface area contributed by atoms with Crippen LogP contribution in [0, 0.1) is 87.8 Å². The molecule has 0 amide bonds. The zero-order valence-corrected chi connectivity index (χ0v) is 23.5. The number of epoxide rings is 1. The smallest absolute Gasteiger partial charge is 0.310 e. The summed E-state index contributed by atoms with van der Waals surface area (Å²) in [6, 6.07) is 4.11. The maximum absolute atomic E-state index is 14.3. The molecule has 0 aromatic rings. The Morgan fingerprint density at radius 3 is 1.80 bits per heavy atom. The Bertz CT molecular complexity index is 1060. The molecular formula is C33H42F2N2O3. The molecule has 3 saturated carbocycles. The van der Waals surface area contributed by atoms with Gasteiger partial charge in [0.05, 0.1) is 49.2 Å². The number of nitriles is 2. The quantitative estimate of drug-likeness (QED) is 0.149. The molecule has 0 aromatic heterocycles. The van der Waals surface area contributed by atoms with Crippen LogP contribution < -0.4 is 0 Å². The molecule has 10 unspecified atom stereocenters. The molecule has 1 aliphatic heterocycles. The van der Waals surface area contributed by atoms with E-state index < -0.39 is 24.2 Å². The van der Waals surface area contributed by atoms with Gasteiger partial charge in [-0.15, -0.1) is 0 Å². The lowest BCUT2D eigenvalue weighted by Gasteiger charge is -2.31. The zero-order chi connectivity index (χ0) is 28.3. The predicted molar refractivity (Wildman–Crippen MR) is 146 cm³/mol. The molecule has 10 atom stereocenters. The third kappa shape index (κ3) is 9.22. The first kappa shape index (κ1) is 30.4. The van der Waals surface area contributed by atoms with Crippen LogP contribution in [0.5, 0.6) is 0 Å². The number of esters is 1. The fourth-order valence-electron chi connectivity index (χ4n) is 6.32. The summed E-state index contributed by atoms with van der Waals surface area (Å²) in [5.74, 6) is 11.2. The number of ether oxygens (including phenoxy) is 2. The van der Waals surface area contributed by atoms with Gasteiger partial charge >= 0.3 is 5.97 Å².